The van der Waals surface area contributed by atoms with Gasteiger partial charge in [0.25, 0.3) is 10.1 Å². The Labute approximate surface area is 102 Å². The number of hydrogen-bond acceptors (Lipinski definition) is 5. The van der Waals surface area contributed by atoms with Crippen LogP contribution in [0.15, 0.2) is 24.3 Å². The van der Waals surface area contributed by atoms with Crippen molar-refractivity contribution >= 4 is 10.1 Å². The van der Waals surface area contributed by atoms with E-state index in [0.29, 0.717) is 0 Å². The summed E-state index contributed by atoms with van der Waals surface area (Å²) in [5, 5.41) is 0. The number of rotatable bonds is 4. The fraction of sp³-hybridized carbons (Fsp3) is 0.455. The highest BCUT2D eigenvalue weighted by molar-refractivity contribution is 7.85. The van der Waals surface area contributed by atoms with Gasteiger partial charge in [0.15, 0.2) is 11.5 Å². The number of hydrogen-bond donors (Lipinski definition) is 0. The molecule has 0 N–H and O–H groups in total. The summed E-state index contributed by atoms with van der Waals surface area (Å²) in [5.74, 6) is 1.54. The molecule has 0 unspecified atom stereocenters. The van der Waals surface area contributed by atoms with E-state index in [1.54, 1.807) is 21.1 Å². The van der Waals surface area contributed by atoms with Crippen molar-refractivity contribution in [3.8, 4) is 11.5 Å². The molecule has 0 aromatic heterocycles. The van der Waals surface area contributed by atoms with Crippen LogP contribution in [0.5, 0.6) is 11.5 Å². The molecule has 0 atom stereocenters. The third-order valence-corrected chi connectivity index (χ3v) is 2.28. The molecule has 98 valence electrons. The molecule has 6 heteroatoms. The van der Waals surface area contributed by atoms with Crippen molar-refractivity contribution < 1.29 is 22.1 Å². The third-order valence-electron chi connectivity index (χ3n) is 1.62. The van der Waals surface area contributed by atoms with Crippen LogP contribution in [-0.4, -0.2) is 35.5 Å². The molecule has 0 radical (unpaired) electrons. The Kier molecular flexibility index (Phi) is 7.32. The van der Waals surface area contributed by atoms with E-state index in [-0.39, 0.29) is 6.61 Å². The van der Waals surface area contributed by atoms with E-state index in [2.05, 4.69) is 4.18 Å². The second-order valence-corrected chi connectivity index (χ2v) is 4.61. The van der Waals surface area contributed by atoms with Crippen LogP contribution in [0.1, 0.15) is 6.92 Å². The van der Waals surface area contributed by atoms with Crippen LogP contribution < -0.4 is 9.47 Å². The van der Waals surface area contributed by atoms with Crippen LogP contribution in [0.3, 0.4) is 0 Å². The van der Waals surface area contributed by atoms with Gasteiger partial charge < -0.3 is 9.47 Å². The van der Waals surface area contributed by atoms with E-state index in [9.17, 15) is 8.42 Å². The summed E-state index contributed by atoms with van der Waals surface area (Å²) in [4.78, 5) is 0. The van der Waals surface area contributed by atoms with Crippen molar-refractivity contribution in [2.45, 2.75) is 6.92 Å². The summed E-state index contributed by atoms with van der Waals surface area (Å²) in [6, 6.07) is 7.53. The lowest BCUT2D eigenvalue weighted by molar-refractivity contribution is 0.342. The molecular formula is C11H18O5S. The first-order chi connectivity index (χ1) is 7.94. The van der Waals surface area contributed by atoms with Crippen LogP contribution in [0.25, 0.3) is 0 Å². The van der Waals surface area contributed by atoms with Crippen molar-refractivity contribution in [2.24, 2.45) is 0 Å². The van der Waals surface area contributed by atoms with E-state index < -0.39 is 10.1 Å². The second-order valence-electron chi connectivity index (χ2n) is 2.97. The Morgan fingerprint density at radius 2 is 1.47 bits per heavy atom. The molecule has 5 nitrogen and oxygen atoms in total. The topological polar surface area (TPSA) is 61.8 Å². The van der Waals surface area contributed by atoms with Crippen LogP contribution in [-0.2, 0) is 14.3 Å². The van der Waals surface area contributed by atoms with Crippen LogP contribution in [0.2, 0.25) is 0 Å². The molecule has 0 saturated heterocycles. The average molecular weight is 262 g/mol. The third kappa shape index (κ3) is 7.59. The van der Waals surface area contributed by atoms with Crippen LogP contribution in [0.4, 0.5) is 0 Å². The molecule has 0 saturated carbocycles. The molecule has 1 aromatic rings. The van der Waals surface area contributed by atoms with E-state index >= 15 is 0 Å². The van der Waals surface area contributed by atoms with Crippen molar-refractivity contribution in [1.82, 2.24) is 0 Å². The van der Waals surface area contributed by atoms with Gasteiger partial charge in [-0.05, 0) is 19.1 Å². The highest BCUT2D eigenvalue weighted by Crippen LogP contribution is 2.24. The Bertz CT molecular complexity index is 391. The maximum atomic E-state index is 10.0. The molecule has 0 heterocycles. The molecule has 1 aromatic carbocycles. The van der Waals surface area contributed by atoms with Crippen molar-refractivity contribution in [3.63, 3.8) is 0 Å². The van der Waals surface area contributed by atoms with E-state index in [1.807, 2.05) is 24.3 Å². The van der Waals surface area contributed by atoms with Gasteiger partial charge in [-0.2, -0.15) is 8.42 Å². The molecule has 0 aliphatic rings. The summed E-state index contributed by atoms with van der Waals surface area (Å²) in [7, 11) is 0.0716. The monoisotopic (exact) mass is 262 g/mol. The number of para-hydroxylation sites is 2. The fourth-order valence-corrected chi connectivity index (χ4v) is 1.43. The molecule has 0 aliphatic heterocycles. The molecule has 17 heavy (non-hydrogen) atoms. The predicted octanol–water partition coefficient (Wildman–Crippen LogP) is 1.69. The standard InChI is InChI=1S/C8H10O2.C3H8O3S/c1-9-7-5-3-4-6-8(7)10-2;1-3-6-7(2,4)5/h3-6H,1-2H3;3H2,1-2H3. The van der Waals surface area contributed by atoms with E-state index in [4.69, 9.17) is 9.47 Å². The molecular weight excluding hydrogens is 244 g/mol. The number of methoxy groups -OCH3 is 2. The normalized spacial score (nSPS) is 10.1. The zero-order valence-electron chi connectivity index (χ0n) is 10.5. The maximum Gasteiger partial charge on any atom is 0.264 e. The largest absolute Gasteiger partial charge is 0.493 e. The fourth-order valence-electron chi connectivity index (χ4n) is 1.00. The number of benzene rings is 1. The first-order valence-corrected chi connectivity index (χ1v) is 6.77. The summed E-state index contributed by atoms with van der Waals surface area (Å²) in [6.45, 7) is 1.85. The Hall–Kier alpha value is -1.27. The highest BCUT2D eigenvalue weighted by atomic mass is 32.2. The highest BCUT2D eigenvalue weighted by Gasteiger charge is 1.97. The lowest BCUT2D eigenvalue weighted by atomic mass is 10.3. The van der Waals surface area contributed by atoms with Gasteiger partial charge in [0.1, 0.15) is 0 Å². The molecule has 0 aliphatic carbocycles. The summed E-state index contributed by atoms with van der Waals surface area (Å²) >= 11 is 0. The molecule has 1 rings (SSSR count). The van der Waals surface area contributed by atoms with Gasteiger partial charge in [0.05, 0.1) is 27.1 Å². The predicted molar refractivity (Wildman–Crippen MR) is 66.0 cm³/mol. The van der Waals surface area contributed by atoms with Gasteiger partial charge in [0, 0.05) is 0 Å². The Morgan fingerprint density at radius 1 is 1.06 bits per heavy atom. The van der Waals surface area contributed by atoms with E-state index in [1.165, 1.54) is 0 Å². The quantitative estimate of drug-likeness (QED) is 0.773. The zero-order valence-corrected chi connectivity index (χ0v) is 11.3. The maximum absolute atomic E-state index is 10.0. The van der Waals surface area contributed by atoms with Gasteiger partial charge >= 0.3 is 0 Å². The Morgan fingerprint density at radius 3 is 1.65 bits per heavy atom. The smallest absolute Gasteiger partial charge is 0.264 e. The lowest BCUT2D eigenvalue weighted by Crippen LogP contribution is -2.00. The van der Waals surface area contributed by atoms with E-state index in [0.717, 1.165) is 17.8 Å². The first kappa shape index (κ1) is 15.7. The summed E-state index contributed by atoms with van der Waals surface area (Å²) in [6.07, 6.45) is 1.02. The van der Waals surface area contributed by atoms with Crippen LogP contribution in [0, 0.1) is 0 Å². The van der Waals surface area contributed by atoms with Crippen LogP contribution >= 0.6 is 0 Å². The molecule has 0 amide bonds. The number of ether oxygens (including phenoxy) is 2. The average Bonchev–Trinajstić information content (AvgIpc) is 2.28. The van der Waals surface area contributed by atoms with Gasteiger partial charge in [-0.15, -0.1) is 0 Å². The minimum absolute atomic E-state index is 0.221. The Balaban J connectivity index is 0.000000325. The van der Waals surface area contributed by atoms with Gasteiger partial charge in [-0.25, -0.2) is 0 Å². The van der Waals surface area contributed by atoms with Gasteiger partial charge in [-0.3, -0.25) is 4.18 Å². The van der Waals surface area contributed by atoms with Gasteiger partial charge in [-0.1, -0.05) is 12.1 Å². The minimum atomic E-state index is -3.17. The summed E-state index contributed by atoms with van der Waals surface area (Å²) < 4.78 is 34.2. The summed E-state index contributed by atoms with van der Waals surface area (Å²) in [5.41, 5.74) is 0. The SMILES string of the molecule is CCOS(C)(=O)=O.COc1ccccc1OC. The molecule has 0 bridgehead atoms. The van der Waals surface area contributed by atoms with Crippen molar-refractivity contribution in [1.29, 1.82) is 0 Å². The molecule has 0 spiro atoms. The first-order valence-electron chi connectivity index (χ1n) is 4.96. The van der Waals surface area contributed by atoms with Crippen molar-refractivity contribution in [3.05, 3.63) is 24.3 Å². The van der Waals surface area contributed by atoms with Crippen molar-refractivity contribution in [2.75, 3.05) is 27.1 Å². The second kappa shape index (κ2) is 7.92. The zero-order chi connectivity index (χ0) is 13.3. The minimum Gasteiger partial charge on any atom is -0.493 e. The molecule has 0 fully saturated rings. The van der Waals surface area contributed by atoms with Gasteiger partial charge in [0.2, 0.25) is 0 Å². The lowest BCUT2D eigenvalue weighted by Gasteiger charge is -2.04.